The number of anilines is 2. The molecule has 1 amide bonds. The van der Waals surface area contributed by atoms with Crippen LogP contribution in [0.4, 0.5) is 11.4 Å². The summed E-state index contributed by atoms with van der Waals surface area (Å²) in [6.07, 6.45) is 2.37. The van der Waals surface area contributed by atoms with Crippen LogP contribution in [0, 0.1) is 0 Å². The molecule has 17 heavy (non-hydrogen) atoms. The number of amides is 1. The first kappa shape index (κ1) is 11.8. The summed E-state index contributed by atoms with van der Waals surface area (Å²) >= 11 is 0. The Kier molecular flexibility index (Phi) is 3.22. The maximum absolute atomic E-state index is 11.6. The van der Waals surface area contributed by atoms with E-state index in [1.54, 1.807) is 13.1 Å². The van der Waals surface area contributed by atoms with E-state index in [1.165, 1.54) is 12.8 Å². The van der Waals surface area contributed by atoms with E-state index in [0.717, 1.165) is 17.9 Å². The first-order chi connectivity index (χ1) is 8.13. The Labute approximate surface area is 102 Å². The minimum atomic E-state index is -0.0712. The van der Waals surface area contributed by atoms with Crippen LogP contribution >= 0.6 is 0 Å². The number of carbonyl (C=O) groups excluding carboxylic acids is 1. The fourth-order valence-electron chi connectivity index (χ4n) is 2.37. The second-order valence-corrected chi connectivity index (χ2v) is 4.54. The summed E-state index contributed by atoms with van der Waals surface area (Å²) in [4.78, 5) is 13.9. The van der Waals surface area contributed by atoms with Crippen molar-refractivity contribution in [1.82, 2.24) is 5.32 Å². The lowest BCUT2D eigenvalue weighted by Crippen LogP contribution is -2.27. The van der Waals surface area contributed by atoms with Gasteiger partial charge in [0.2, 0.25) is 0 Å². The molecule has 4 nitrogen and oxygen atoms in total. The summed E-state index contributed by atoms with van der Waals surface area (Å²) in [5, 5.41) is 2.63. The number of benzene rings is 1. The Bertz CT molecular complexity index is 431. The second kappa shape index (κ2) is 4.65. The number of nitrogens with one attached hydrogen (secondary N) is 1. The molecule has 0 aromatic heterocycles. The number of nitrogens with zero attached hydrogens (tertiary/aromatic N) is 1. The van der Waals surface area contributed by atoms with E-state index in [0.29, 0.717) is 11.6 Å². The van der Waals surface area contributed by atoms with Gasteiger partial charge in [-0.1, -0.05) is 0 Å². The smallest absolute Gasteiger partial charge is 0.251 e. The molecule has 1 aliphatic rings. The third-order valence-electron chi connectivity index (χ3n) is 3.38. The van der Waals surface area contributed by atoms with Crippen LogP contribution in [-0.2, 0) is 0 Å². The zero-order valence-electron chi connectivity index (χ0n) is 10.4. The number of rotatable bonds is 2. The minimum absolute atomic E-state index is 0.0712. The largest absolute Gasteiger partial charge is 0.397 e. The number of nitrogen functional groups attached to an aromatic ring is 1. The third-order valence-corrected chi connectivity index (χ3v) is 3.38. The van der Waals surface area contributed by atoms with Gasteiger partial charge in [-0.3, -0.25) is 4.79 Å². The standard InChI is InChI=1S/C13H19N3O/c1-9-4-3-7-16(9)12-8-10(13(17)15-2)5-6-11(12)14/h5-6,8-9H,3-4,7,14H2,1-2H3,(H,15,17). The molecule has 0 spiro atoms. The highest BCUT2D eigenvalue weighted by Gasteiger charge is 2.22. The van der Waals surface area contributed by atoms with E-state index in [-0.39, 0.29) is 5.91 Å². The Balaban J connectivity index is 2.35. The zero-order valence-corrected chi connectivity index (χ0v) is 10.4. The summed E-state index contributed by atoms with van der Waals surface area (Å²) < 4.78 is 0. The molecule has 2 rings (SSSR count). The quantitative estimate of drug-likeness (QED) is 0.763. The number of carbonyl (C=O) groups is 1. The van der Waals surface area contributed by atoms with Gasteiger partial charge < -0.3 is 16.0 Å². The van der Waals surface area contributed by atoms with Crippen LogP contribution in [-0.4, -0.2) is 25.5 Å². The van der Waals surface area contributed by atoms with Gasteiger partial charge in [0.1, 0.15) is 0 Å². The molecule has 0 bridgehead atoms. The Morgan fingerprint density at radius 2 is 2.29 bits per heavy atom. The van der Waals surface area contributed by atoms with Crippen molar-refractivity contribution in [2.75, 3.05) is 24.2 Å². The van der Waals surface area contributed by atoms with E-state index in [1.807, 2.05) is 12.1 Å². The van der Waals surface area contributed by atoms with Gasteiger partial charge in [-0.2, -0.15) is 0 Å². The fraction of sp³-hybridized carbons (Fsp3) is 0.462. The molecule has 1 fully saturated rings. The van der Waals surface area contributed by atoms with Crippen molar-refractivity contribution < 1.29 is 4.79 Å². The molecule has 4 heteroatoms. The molecule has 1 atom stereocenters. The SMILES string of the molecule is CNC(=O)c1ccc(N)c(N2CCCC2C)c1. The van der Waals surface area contributed by atoms with Gasteiger partial charge in [-0.05, 0) is 38.0 Å². The van der Waals surface area contributed by atoms with Crippen LogP contribution in [0.15, 0.2) is 18.2 Å². The maximum atomic E-state index is 11.6. The van der Waals surface area contributed by atoms with Crippen LogP contribution in [0.1, 0.15) is 30.1 Å². The highest BCUT2D eigenvalue weighted by molar-refractivity contribution is 5.96. The number of hydrogen-bond acceptors (Lipinski definition) is 3. The first-order valence-electron chi connectivity index (χ1n) is 6.01. The van der Waals surface area contributed by atoms with E-state index < -0.39 is 0 Å². The van der Waals surface area contributed by atoms with Crippen LogP contribution < -0.4 is 16.0 Å². The van der Waals surface area contributed by atoms with Gasteiger partial charge in [0.05, 0.1) is 11.4 Å². The average Bonchev–Trinajstić information content (AvgIpc) is 2.75. The predicted octanol–water partition coefficient (Wildman–Crippen LogP) is 1.62. The van der Waals surface area contributed by atoms with Gasteiger partial charge >= 0.3 is 0 Å². The van der Waals surface area contributed by atoms with Gasteiger partial charge in [0.25, 0.3) is 5.91 Å². The molecule has 1 heterocycles. The third kappa shape index (κ3) is 2.20. The normalized spacial score (nSPS) is 19.4. The lowest BCUT2D eigenvalue weighted by molar-refractivity contribution is 0.0963. The van der Waals surface area contributed by atoms with Gasteiger partial charge in [-0.25, -0.2) is 0 Å². The van der Waals surface area contributed by atoms with Crippen molar-refractivity contribution >= 4 is 17.3 Å². The van der Waals surface area contributed by atoms with Crippen molar-refractivity contribution in [1.29, 1.82) is 0 Å². The summed E-state index contributed by atoms with van der Waals surface area (Å²) in [5.74, 6) is -0.0712. The monoisotopic (exact) mass is 233 g/mol. The van der Waals surface area contributed by atoms with Crippen LogP contribution in [0.2, 0.25) is 0 Å². The first-order valence-corrected chi connectivity index (χ1v) is 6.01. The second-order valence-electron chi connectivity index (χ2n) is 4.54. The van der Waals surface area contributed by atoms with Crippen molar-refractivity contribution in [3.63, 3.8) is 0 Å². The van der Waals surface area contributed by atoms with E-state index in [2.05, 4.69) is 17.1 Å². The highest BCUT2D eigenvalue weighted by Crippen LogP contribution is 2.31. The molecule has 92 valence electrons. The molecule has 3 N–H and O–H groups in total. The topological polar surface area (TPSA) is 58.4 Å². The van der Waals surface area contributed by atoms with E-state index in [9.17, 15) is 4.79 Å². The van der Waals surface area contributed by atoms with Crippen molar-refractivity contribution in [3.05, 3.63) is 23.8 Å². The van der Waals surface area contributed by atoms with E-state index >= 15 is 0 Å². The van der Waals surface area contributed by atoms with Gasteiger partial charge in [-0.15, -0.1) is 0 Å². The fourth-order valence-corrected chi connectivity index (χ4v) is 2.37. The van der Waals surface area contributed by atoms with E-state index in [4.69, 9.17) is 5.73 Å². The zero-order chi connectivity index (χ0) is 12.4. The number of hydrogen-bond donors (Lipinski definition) is 2. The maximum Gasteiger partial charge on any atom is 0.251 e. The molecule has 1 aliphatic heterocycles. The van der Waals surface area contributed by atoms with Crippen molar-refractivity contribution in [2.45, 2.75) is 25.8 Å². The summed E-state index contributed by atoms with van der Waals surface area (Å²) in [5.41, 5.74) is 8.39. The average molecular weight is 233 g/mol. The molecule has 1 aromatic carbocycles. The molecule has 1 aromatic rings. The molecular formula is C13H19N3O. The summed E-state index contributed by atoms with van der Waals surface area (Å²) in [6, 6.07) is 5.96. The lowest BCUT2D eigenvalue weighted by atomic mass is 10.1. The molecule has 1 unspecified atom stereocenters. The molecule has 0 saturated carbocycles. The highest BCUT2D eigenvalue weighted by atomic mass is 16.1. The molecule has 1 saturated heterocycles. The molecular weight excluding hydrogens is 214 g/mol. The van der Waals surface area contributed by atoms with Crippen molar-refractivity contribution in [2.24, 2.45) is 0 Å². The molecule has 0 aliphatic carbocycles. The summed E-state index contributed by atoms with van der Waals surface area (Å²) in [6.45, 7) is 3.21. The lowest BCUT2D eigenvalue weighted by Gasteiger charge is -2.25. The van der Waals surface area contributed by atoms with Crippen LogP contribution in [0.25, 0.3) is 0 Å². The number of nitrogens with two attached hydrogens (primary N) is 1. The van der Waals surface area contributed by atoms with Gasteiger partial charge in [0, 0.05) is 25.2 Å². The molecule has 0 radical (unpaired) electrons. The Morgan fingerprint density at radius 1 is 1.53 bits per heavy atom. The Hall–Kier alpha value is -1.71. The Morgan fingerprint density at radius 3 is 2.88 bits per heavy atom. The van der Waals surface area contributed by atoms with Crippen LogP contribution in [0.3, 0.4) is 0 Å². The predicted molar refractivity (Wildman–Crippen MR) is 70.3 cm³/mol. The summed E-state index contributed by atoms with van der Waals surface area (Å²) in [7, 11) is 1.64. The van der Waals surface area contributed by atoms with Gasteiger partial charge in [0.15, 0.2) is 0 Å². The minimum Gasteiger partial charge on any atom is -0.397 e. The van der Waals surface area contributed by atoms with Crippen molar-refractivity contribution in [3.8, 4) is 0 Å². The van der Waals surface area contributed by atoms with Crippen LogP contribution in [0.5, 0.6) is 0 Å².